The maximum absolute atomic E-state index is 4.81. The van der Waals surface area contributed by atoms with Gasteiger partial charge in [-0.1, -0.05) is 36.4 Å². The average Bonchev–Trinajstić information content (AvgIpc) is 2.77. The molecule has 84 valence electrons. The molecule has 3 rings (SSSR count). The van der Waals surface area contributed by atoms with Gasteiger partial charge in [0.2, 0.25) is 0 Å². The van der Waals surface area contributed by atoms with E-state index in [4.69, 9.17) is 4.99 Å². The van der Waals surface area contributed by atoms with Gasteiger partial charge >= 0.3 is 0 Å². The molecule has 1 aliphatic heterocycles. The van der Waals surface area contributed by atoms with Crippen molar-refractivity contribution in [2.75, 3.05) is 11.1 Å². The molecule has 2 atom stereocenters. The van der Waals surface area contributed by atoms with Crippen molar-refractivity contribution in [2.24, 2.45) is 10.9 Å². The molecule has 1 aromatic rings. The zero-order valence-electron chi connectivity index (χ0n) is 9.23. The molecule has 1 N–H and O–H groups in total. The first-order chi connectivity index (χ1) is 7.92. The van der Waals surface area contributed by atoms with Gasteiger partial charge in [0.25, 0.3) is 0 Å². The molecule has 1 aromatic carbocycles. The third-order valence-corrected chi connectivity index (χ3v) is 4.44. The maximum atomic E-state index is 4.81. The molecule has 1 heterocycles. The van der Waals surface area contributed by atoms with E-state index in [1.807, 2.05) is 17.8 Å². The van der Waals surface area contributed by atoms with Crippen molar-refractivity contribution in [2.45, 2.75) is 25.3 Å². The van der Waals surface area contributed by atoms with Crippen molar-refractivity contribution < 1.29 is 0 Å². The third kappa shape index (κ3) is 2.09. The number of anilines is 1. The van der Waals surface area contributed by atoms with E-state index in [1.54, 1.807) is 0 Å². The number of aliphatic imine (C=N–C) groups is 1. The number of rotatable bonds is 1. The van der Waals surface area contributed by atoms with Crippen LogP contribution in [0.25, 0.3) is 0 Å². The first-order valence-electron chi connectivity index (χ1n) is 5.94. The van der Waals surface area contributed by atoms with Gasteiger partial charge in [0.05, 0.1) is 6.04 Å². The molecule has 0 bridgehead atoms. The Hall–Kier alpha value is -0.960. The summed E-state index contributed by atoms with van der Waals surface area (Å²) in [5.74, 6) is 2.08. The number of hydrogen-bond acceptors (Lipinski definition) is 3. The largest absolute Gasteiger partial charge is 0.335 e. The van der Waals surface area contributed by atoms with Crippen LogP contribution in [0.5, 0.6) is 0 Å². The molecule has 0 radical (unpaired) electrons. The zero-order valence-corrected chi connectivity index (χ0v) is 10.0. The summed E-state index contributed by atoms with van der Waals surface area (Å²) in [7, 11) is 0. The Balaban J connectivity index is 1.72. The summed E-state index contributed by atoms with van der Waals surface area (Å²) in [6.07, 6.45) is 4.02. The quantitative estimate of drug-likeness (QED) is 0.803. The third-order valence-electron chi connectivity index (χ3n) is 3.36. The molecule has 2 aliphatic rings. The zero-order chi connectivity index (χ0) is 10.8. The Kier molecular flexibility index (Phi) is 2.87. The second kappa shape index (κ2) is 4.50. The number of fused-ring (bicyclic) bond motifs is 1. The van der Waals surface area contributed by atoms with Crippen LogP contribution in [0, 0.1) is 5.92 Å². The summed E-state index contributed by atoms with van der Waals surface area (Å²) < 4.78 is 0. The highest BCUT2D eigenvalue weighted by Crippen LogP contribution is 2.35. The van der Waals surface area contributed by atoms with Gasteiger partial charge in [-0.3, -0.25) is 4.99 Å². The standard InChI is InChI=1S/C13H16N2S/c1-2-6-11(7-3-1)14-13-15-12-8-4-5-10(12)9-16-13/h1-3,6-7,10,12H,4-5,8-9H2,(H,14,15)/t10-,12-/m1/s1. The molecule has 1 saturated carbocycles. The van der Waals surface area contributed by atoms with Crippen LogP contribution < -0.4 is 5.32 Å². The number of thioether (sulfide) groups is 1. The van der Waals surface area contributed by atoms with E-state index in [1.165, 1.54) is 25.0 Å². The molecule has 2 nitrogen and oxygen atoms in total. The summed E-state index contributed by atoms with van der Waals surface area (Å²) in [6.45, 7) is 0. The van der Waals surface area contributed by atoms with Crippen molar-refractivity contribution >= 4 is 22.6 Å². The second-order valence-corrected chi connectivity index (χ2v) is 5.50. The summed E-state index contributed by atoms with van der Waals surface area (Å²) in [5.41, 5.74) is 1.14. The summed E-state index contributed by atoms with van der Waals surface area (Å²) in [5, 5.41) is 4.51. The number of nitrogens with zero attached hydrogens (tertiary/aromatic N) is 1. The van der Waals surface area contributed by atoms with E-state index in [9.17, 15) is 0 Å². The predicted molar refractivity (Wildman–Crippen MR) is 71.1 cm³/mol. The lowest BCUT2D eigenvalue weighted by molar-refractivity contribution is 0.535. The van der Waals surface area contributed by atoms with Crippen molar-refractivity contribution in [1.82, 2.24) is 0 Å². The summed E-state index contributed by atoms with van der Waals surface area (Å²) >= 11 is 1.87. The lowest BCUT2D eigenvalue weighted by Crippen LogP contribution is -2.25. The average molecular weight is 232 g/mol. The molecular formula is C13H16N2S. The Labute approximate surface area is 101 Å². The highest BCUT2D eigenvalue weighted by atomic mass is 32.2. The monoisotopic (exact) mass is 232 g/mol. The first-order valence-corrected chi connectivity index (χ1v) is 6.93. The first kappa shape index (κ1) is 10.2. The fourth-order valence-electron chi connectivity index (χ4n) is 2.47. The van der Waals surface area contributed by atoms with Gasteiger partial charge in [0, 0.05) is 11.4 Å². The van der Waals surface area contributed by atoms with E-state index in [-0.39, 0.29) is 0 Å². The molecule has 1 aliphatic carbocycles. The van der Waals surface area contributed by atoms with Crippen LogP contribution in [0.2, 0.25) is 0 Å². The smallest absolute Gasteiger partial charge is 0.161 e. The van der Waals surface area contributed by atoms with E-state index >= 15 is 0 Å². The van der Waals surface area contributed by atoms with Gasteiger partial charge in [-0.2, -0.15) is 0 Å². The molecule has 0 aromatic heterocycles. The van der Waals surface area contributed by atoms with E-state index in [0.29, 0.717) is 6.04 Å². The summed E-state index contributed by atoms with van der Waals surface area (Å²) in [4.78, 5) is 4.81. The highest BCUT2D eigenvalue weighted by Gasteiger charge is 2.30. The second-order valence-electron chi connectivity index (χ2n) is 4.49. The molecule has 0 spiro atoms. The lowest BCUT2D eigenvalue weighted by atomic mass is 10.1. The van der Waals surface area contributed by atoms with Crippen LogP contribution in [0.15, 0.2) is 35.3 Å². The van der Waals surface area contributed by atoms with Crippen LogP contribution in [0.1, 0.15) is 19.3 Å². The number of amidine groups is 1. The fourth-order valence-corrected chi connectivity index (χ4v) is 3.63. The topological polar surface area (TPSA) is 24.4 Å². The normalized spacial score (nSPS) is 28.4. The van der Waals surface area contributed by atoms with Gasteiger partial charge in [0.15, 0.2) is 5.17 Å². The minimum absolute atomic E-state index is 0.590. The van der Waals surface area contributed by atoms with Gasteiger partial charge in [-0.05, 0) is 30.9 Å². The number of para-hydroxylation sites is 1. The van der Waals surface area contributed by atoms with Crippen LogP contribution in [-0.2, 0) is 0 Å². The van der Waals surface area contributed by atoms with Gasteiger partial charge in [-0.25, -0.2) is 0 Å². The van der Waals surface area contributed by atoms with Crippen LogP contribution in [-0.4, -0.2) is 17.0 Å². The number of hydrogen-bond donors (Lipinski definition) is 1. The Morgan fingerprint density at radius 1 is 1.19 bits per heavy atom. The number of benzene rings is 1. The van der Waals surface area contributed by atoms with Crippen molar-refractivity contribution in [3.8, 4) is 0 Å². The van der Waals surface area contributed by atoms with Gasteiger partial charge in [0.1, 0.15) is 0 Å². The lowest BCUT2D eigenvalue weighted by Gasteiger charge is -2.23. The molecule has 3 heteroatoms. The fraction of sp³-hybridized carbons (Fsp3) is 0.462. The summed E-state index contributed by atoms with van der Waals surface area (Å²) in [6, 6.07) is 10.9. The Morgan fingerprint density at radius 3 is 2.94 bits per heavy atom. The Bertz CT molecular complexity index is 388. The minimum atomic E-state index is 0.590. The van der Waals surface area contributed by atoms with Crippen molar-refractivity contribution in [3.05, 3.63) is 30.3 Å². The van der Waals surface area contributed by atoms with E-state index in [2.05, 4.69) is 29.6 Å². The van der Waals surface area contributed by atoms with E-state index < -0.39 is 0 Å². The molecule has 1 fully saturated rings. The molecule has 0 amide bonds. The molecule has 0 saturated heterocycles. The Morgan fingerprint density at radius 2 is 2.06 bits per heavy atom. The van der Waals surface area contributed by atoms with Crippen LogP contribution in [0.3, 0.4) is 0 Å². The van der Waals surface area contributed by atoms with Crippen molar-refractivity contribution in [3.63, 3.8) is 0 Å². The maximum Gasteiger partial charge on any atom is 0.161 e. The van der Waals surface area contributed by atoms with E-state index in [0.717, 1.165) is 16.8 Å². The van der Waals surface area contributed by atoms with Crippen molar-refractivity contribution in [1.29, 1.82) is 0 Å². The minimum Gasteiger partial charge on any atom is -0.335 e. The van der Waals surface area contributed by atoms with Gasteiger partial charge < -0.3 is 5.32 Å². The van der Waals surface area contributed by atoms with Gasteiger partial charge in [-0.15, -0.1) is 0 Å². The molecule has 16 heavy (non-hydrogen) atoms. The van der Waals surface area contributed by atoms with Crippen LogP contribution >= 0.6 is 11.8 Å². The predicted octanol–water partition coefficient (Wildman–Crippen LogP) is 3.37. The SMILES string of the molecule is c1ccc(NC2=N[C@@H]3CCC[C@@H]3CS2)cc1. The van der Waals surface area contributed by atoms with Crippen LogP contribution in [0.4, 0.5) is 5.69 Å². The highest BCUT2D eigenvalue weighted by molar-refractivity contribution is 8.14. The molecule has 0 unspecified atom stereocenters. The molecular weight excluding hydrogens is 216 g/mol. The number of nitrogens with one attached hydrogen (secondary N) is 1.